The van der Waals surface area contributed by atoms with Crippen LogP contribution in [0, 0.1) is 0 Å². The second-order valence-corrected chi connectivity index (χ2v) is 4.05. The van der Waals surface area contributed by atoms with Crippen molar-refractivity contribution in [1.29, 1.82) is 0 Å². The Kier molecular flexibility index (Phi) is 3.28. The largest absolute Gasteiger partial charge is 0.415 e. The van der Waals surface area contributed by atoms with Crippen molar-refractivity contribution in [3.8, 4) is 0 Å². The Bertz CT molecular complexity index is 244. The highest BCUT2D eigenvalue weighted by Crippen LogP contribution is 2.30. The molecule has 15 heavy (non-hydrogen) atoms. The van der Waals surface area contributed by atoms with Crippen LogP contribution in [0.25, 0.3) is 0 Å². The van der Waals surface area contributed by atoms with E-state index in [2.05, 4.69) is 0 Å². The molecule has 1 rings (SSSR count). The van der Waals surface area contributed by atoms with Crippen LogP contribution in [0.5, 0.6) is 0 Å². The molecule has 1 fully saturated rings. The SMILES string of the molecule is CC(N)(C(=O)N1CCCCC1)C(F)(F)F. The maximum atomic E-state index is 12.5. The van der Waals surface area contributed by atoms with Crippen LogP contribution in [0.2, 0.25) is 0 Å². The van der Waals surface area contributed by atoms with Gasteiger partial charge in [0.2, 0.25) is 0 Å². The van der Waals surface area contributed by atoms with Gasteiger partial charge in [-0.2, -0.15) is 13.2 Å². The number of likely N-dealkylation sites (tertiary alicyclic amines) is 1. The molecule has 88 valence electrons. The van der Waals surface area contributed by atoms with Crippen LogP contribution in [0.1, 0.15) is 26.2 Å². The Morgan fingerprint density at radius 1 is 1.20 bits per heavy atom. The molecule has 0 saturated carbocycles. The number of alkyl halides is 3. The number of rotatable bonds is 1. The minimum absolute atomic E-state index is 0.377. The lowest BCUT2D eigenvalue weighted by Gasteiger charge is -2.35. The van der Waals surface area contributed by atoms with E-state index >= 15 is 0 Å². The molecule has 1 amide bonds. The lowest BCUT2D eigenvalue weighted by molar-refractivity contribution is -0.194. The van der Waals surface area contributed by atoms with Crippen LogP contribution in [-0.2, 0) is 4.79 Å². The number of carbonyl (C=O) groups is 1. The summed E-state index contributed by atoms with van der Waals surface area (Å²) in [5.41, 5.74) is 2.29. The second-order valence-electron chi connectivity index (χ2n) is 4.05. The van der Waals surface area contributed by atoms with Gasteiger partial charge in [0.25, 0.3) is 5.91 Å². The fourth-order valence-corrected chi connectivity index (χ4v) is 1.55. The summed E-state index contributed by atoms with van der Waals surface area (Å²) >= 11 is 0. The van der Waals surface area contributed by atoms with Gasteiger partial charge in [-0.15, -0.1) is 0 Å². The predicted molar refractivity (Wildman–Crippen MR) is 49.1 cm³/mol. The minimum Gasteiger partial charge on any atom is -0.341 e. The zero-order valence-corrected chi connectivity index (χ0v) is 8.60. The number of piperidine rings is 1. The van der Waals surface area contributed by atoms with Crippen molar-refractivity contribution in [3.05, 3.63) is 0 Å². The van der Waals surface area contributed by atoms with E-state index < -0.39 is 17.6 Å². The number of amides is 1. The summed E-state index contributed by atoms with van der Waals surface area (Å²) in [6, 6.07) is 0. The highest BCUT2D eigenvalue weighted by molar-refractivity contribution is 5.86. The van der Waals surface area contributed by atoms with Crippen molar-refractivity contribution >= 4 is 5.91 Å². The molecular formula is C9H15F3N2O. The van der Waals surface area contributed by atoms with Gasteiger partial charge in [0.05, 0.1) is 0 Å². The zero-order chi connectivity index (χ0) is 11.7. The number of carbonyl (C=O) groups excluding carboxylic acids is 1. The quantitative estimate of drug-likeness (QED) is 0.729. The van der Waals surface area contributed by atoms with Gasteiger partial charge in [-0.3, -0.25) is 4.79 Å². The molecule has 1 unspecified atom stereocenters. The summed E-state index contributed by atoms with van der Waals surface area (Å²) in [5, 5.41) is 0. The van der Waals surface area contributed by atoms with Crippen molar-refractivity contribution in [2.24, 2.45) is 5.73 Å². The molecule has 1 heterocycles. The molecule has 0 aromatic rings. The predicted octanol–water partition coefficient (Wildman–Crippen LogP) is 1.28. The molecule has 1 aliphatic heterocycles. The maximum absolute atomic E-state index is 12.5. The van der Waals surface area contributed by atoms with Gasteiger partial charge in [-0.1, -0.05) is 0 Å². The molecule has 3 nitrogen and oxygen atoms in total. The maximum Gasteiger partial charge on any atom is 0.415 e. The number of hydrogen-bond donors (Lipinski definition) is 1. The summed E-state index contributed by atoms with van der Waals surface area (Å²) in [7, 11) is 0. The summed E-state index contributed by atoms with van der Waals surface area (Å²) in [4.78, 5) is 12.8. The lowest BCUT2D eigenvalue weighted by atomic mass is 9.99. The molecule has 1 saturated heterocycles. The minimum atomic E-state index is -4.69. The van der Waals surface area contributed by atoms with Crippen molar-refractivity contribution in [2.45, 2.75) is 37.9 Å². The van der Waals surface area contributed by atoms with Crippen LogP contribution in [-0.4, -0.2) is 35.6 Å². The molecule has 2 N–H and O–H groups in total. The fourth-order valence-electron chi connectivity index (χ4n) is 1.55. The standard InChI is InChI=1S/C9H15F3N2O/c1-8(13,9(10,11)12)7(15)14-5-3-2-4-6-14/h2-6,13H2,1H3. The van der Waals surface area contributed by atoms with Crippen molar-refractivity contribution < 1.29 is 18.0 Å². The second kappa shape index (κ2) is 4.00. The molecular weight excluding hydrogens is 209 g/mol. The first-order valence-electron chi connectivity index (χ1n) is 4.92. The molecule has 1 atom stereocenters. The Morgan fingerprint density at radius 2 is 1.67 bits per heavy atom. The third-order valence-corrected chi connectivity index (χ3v) is 2.68. The van der Waals surface area contributed by atoms with Crippen molar-refractivity contribution in [1.82, 2.24) is 4.90 Å². The fraction of sp³-hybridized carbons (Fsp3) is 0.889. The highest BCUT2D eigenvalue weighted by atomic mass is 19.4. The van der Waals surface area contributed by atoms with Gasteiger partial charge in [-0.25, -0.2) is 0 Å². The molecule has 1 aliphatic rings. The van der Waals surface area contributed by atoms with Gasteiger partial charge < -0.3 is 10.6 Å². The van der Waals surface area contributed by atoms with Crippen molar-refractivity contribution in [2.75, 3.05) is 13.1 Å². The smallest absolute Gasteiger partial charge is 0.341 e. The molecule has 0 aromatic heterocycles. The first-order chi connectivity index (χ1) is 6.77. The average molecular weight is 224 g/mol. The summed E-state index contributed by atoms with van der Waals surface area (Å²) in [6.07, 6.45) is -2.24. The molecule has 0 aliphatic carbocycles. The normalized spacial score (nSPS) is 22.3. The first-order valence-corrected chi connectivity index (χ1v) is 4.92. The Hall–Kier alpha value is -0.780. The Labute approximate surface area is 86.4 Å². The number of nitrogens with two attached hydrogens (primary N) is 1. The molecule has 0 aromatic carbocycles. The summed E-state index contributed by atoms with van der Waals surface area (Å²) in [6.45, 7) is 1.48. The van der Waals surface area contributed by atoms with E-state index in [1.54, 1.807) is 0 Å². The summed E-state index contributed by atoms with van der Waals surface area (Å²) < 4.78 is 37.4. The summed E-state index contributed by atoms with van der Waals surface area (Å²) in [5.74, 6) is -1.02. The van der Waals surface area contributed by atoms with E-state index in [4.69, 9.17) is 5.73 Å². The van der Waals surface area contributed by atoms with Gasteiger partial charge in [0.1, 0.15) is 0 Å². The molecule has 0 bridgehead atoms. The molecule has 0 spiro atoms. The van der Waals surface area contributed by atoms with Crippen molar-refractivity contribution in [3.63, 3.8) is 0 Å². The average Bonchev–Trinajstić information content (AvgIpc) is 2.16. The Morgan fingerprint density at radius 3 is 2.07 bits per heavy atom. The van der Waals surface area contributed by atoms with Gasteiger partial charge in [-0.05, 0) is 26.2 Å². The highest BCUT2D eigenvalue weighted by Gasteiger charge is 2.55. The van der Waals surface area contributed by atoms with Gasteiger partial charge in [0, 0.05) is 13.1 Å². The van der Waals surface area contributed by atoms with E-state index in [1.165, 1.54) is 4.90 Å². The third-order valence-electron chi connectivity index (χ3n) is 2.68. The Balaban J connectivity index is 2.74. The molecule has 6 heteroatoms. The van der Waals surface area contributed by atoms with Crippen LogP contribution in [0.15, 0.2) is 0 Å². The van der Waals surface area contributed by atoms with E-state index in [0.717, 1.165) is 26.2 Å². The number of hydrogen-bond acceptors (Lipinski definition) is 2. The van der Waals surface area contributed by atoms with Crippen LogP contribution >= 0.6 is 0 Å². The topological polar surface area (TPSA) is 46.3 Å². The van der Waals surface area contributed by atoms with Crippen LogP contribution in [0.4, 0.5) is 13.2 Å². The monoisotopic (exact) mass is 224 g/mol. The zero-order valence-electron chi connectivity index (χ0n) is 8.60. The van der Waals surface area contributed by atoms with E-state index in [9.17, 15) is 18.0 Å². The van der Waals surface area contributed by atoms with Crippen LogP contribution < -0.4 is 5.73 Å². The molecule has 0 radical (unpaired) electrons. The van der Waals surface area contributed by atoms with Gasteiger partial charge in [0.15, 0.2) is 5.54 Å². The van der Waals surface area contributed by atoms with E-state index in [-0.39, 0.29) is 0 Å². The third kappa shape index (κ3) is 2.42. The number of halogens is 3. The van der Waals surface area contributed by atoms with Gasteiger partial charge >= 0.3 is 6.18 Å². The lowest BCUT2D eigenvalue weighted by Crippen LogP contribution is -2.62. The van der Waals surface area contributed by atoms with E-state index in [0.29, 0.717) is 13.1 Å². The van der Waals surface area contributed by atoms with Crippen LogP contribution in [0.3, 0.4) is 0 Å². The first kappa shape index (κ1) is 12.3. The van der Waals surface area contributed by atoms with E-state index in [1.807, 2.05) is 0 Å². The number of nitrogens with zero attached hydrogens (tertiary/aromatic N) is 1.